The Morgan fingerprint density at radius 3 is 2.69 bits per heavy atom. The summed E-state index contributed by atoms with van der Waals surface area (Å²) in [6.07, 6.45) is 5.02. The van der Waals surface area contributed by atoms with E-state index in [1.807, 2.05) is 0 Å². The van der Waals surface area contributed by atoms with Crippen LogP contribution in [0.1, 0.15) is 39.0 Å². The average molecular weight is 184 g/mol. The molecule has 0 bridgehead atoms. The fourth-order valence-corrected chi connectivity index (χ4v) is 1.22. The van der Waals surface area contributed by atoms with E-state index in [0.29, 0.717) is 18.4 Å². The van der Waals surface area contributed by atoms with E-state index >= 15 is 0 Å². The average Bonchev–Trinajstić information content (AvgIpc) is 2.82. The van der Waals surface area contributed by atoms with Crippen molar-refractivity contribution in [3.05, 3.63) is 0 Å². The molecule has 3 N–H and O–H groups in total. The zero-order valence-corrected chi connectivity index (χ0v) is 8.44. The molecule has 1 saturated carbocycles. The lowest BCUT2D eigenvalue weighted by Crippen LogP contribution is -2.28. The quantitative estimate of drug-likeness (QED) is 0.606. The molecule has 1 amide bonds. The maximum absolute atomic E-state index is 11.2. The molecule has 3 heteroatoms. The molecule has 3 nitrogen and oxygen atoms in total. The van der Waals surface area contributed by atoms with Crippen molar-refractivity contribution in [1.29, 1.82) is 0 Å². The molecule has 0 aliphatic heterocycles. The van der Waals surface area contributed by atoms with Gasteiger partial charge in [0.2, 0.25) is 5.91 Å². The Bertz CT molecular complexity index is 176. The van der Waals surface area contributed by atoms with Crippen LogP contribution in [0.2, 0.25) is 0 Å². The number of hydrogen-bond acceptors (Lipinski definition) is 2. The fourth-order valence-electron chi connectivity index (χ4n) is 1.22. The maximum Gasteiger partial charge on any atom is 0.220 e. The van der Waals surface area contributed by atoms with Crippen LogP contribution in [0.15, 0.2) is 0 Å². The SMILES string of the molecule is CC1(CNC(=O)CCCCN)CC1. The van der Waals surface area contributed by atoms with Crippen LogP contribution >= 0.6 is 0 Å². The van der Waals surface area contributed by atoms with Crippen molar-refractivity contribution in [3.63, 3.8) is 0 Å². The summed E-state index contributed by atoms with van der Waals surface area (Å²) in [5, 5.41) is 2.96. The van der Waals surface area contributed by atoms with Crippen molar-refractivity contribution >= 4 is 5.91 Å². The van der Waals surface area contributed by atoms with Gasteiger partial charge in [0, 0.05) is 13.0 Å². The molecule has 13 heavy (non-hydrogen) atoms. The van der Waals surface area contributed by atoms with Crippen LogP contribution in [0.3, 0.4) is 0 Å². The molecule has 1 fully saturated rings. The predicted molar refractivity (Wildman–Crippen MR) is 53.3 cm³/mol. The van der Waals surface area contributed by atoms with Gasteiger partial charge in [-0.2, -0.15) is 0 Å². The Morgan fingerprint density at radius 2 is 2.15 bits per heavy atom. The van der Waals surface area contributed by atoms with E-state index in [4.69, 9.17) is 5.73 Å². The van der Waals surface area contributed by atoms with Gasteiger partial charge in [-0.05, 0) is 37.6 Å². The highest BCUT2D eigenvalue weighted by Crippen LogP contribution is 2.43. The minimum atomic E-state index is 0.182. The lowest BCUT2D eigenvalue weighted by Gasteiger charge is -2.09. The van der Waals surface area contributed by atoms with Gasteiger partial charge in [-0.15, -0.1) is 0 Å². The molecule has 1 aliphatic rings. The molecule has 0 aromatic heterocycles. The normalized spacial score (nSPS) is 18.3. The first-order chi connectivity index (χ1) is 6.16. The van der Waals surface area contributed by atoms with Gasteiger partial charge in [-0.1, -0.05) is 6.92 Å². The van der Waals surface area contributed by atoms with Crippen LogP contribution in [0.4, 0.5) is 0 Å². The Morgan fingerprint density at radius 1 is 1.46 bits per heavy atom. The van der Waals surface area contributed by atoms with E-state index in [-0.39, 0.29) is 5.91 Å². The second-order valence-corrected chi connectivity index (χ2v) is 4.33. The molecule has 0 atom stereocenters. The first kappa shape index (κ1) is 10.5. The third kappa shape index (κ3) is 4.27. The van der Waals surface area contributed by atoms with Gasteiger partial charge in [0.1, 0.15) is 0 Å². The van der Waals surface area contributed by atoms with Crippen LogP contribution in [0.5, 0.6) is 0 Å². The van der Waals surface area contributed by atoms with Crippen molar-refractivity contribution in [1.82, 2.24) is 5.32 Å². The summed E-state index contributed by atoms with van der Waals surface area (Å²) in [5.41, 5.74) is 5.76. The molecule has 0 heterocycles. The summed E-state index contributed by atoms with van der Waals surface area (Å²) in [5.74, 6) is 0.182. The fraction of sp³-hybridized carbons (Fsp3) is 0.900. The smallest absolute Gasteiger partial charge is 0.220 e. The zero-order chi connectivity index (χ0) is 9.73. The largest absolute Gasteiger partial charge is 0.356 e. The number of carbonyl (C=O) groups is 1. The lowest BCUT2D eigenvalue weighted by molar-refractivity contribution is -0.121. The molecule has 0 spiro atoms. The zero-order valence-electron chi connectivity index (χ0n) is 8.44. The molecular weight excluding hydrogens is 164 g/mol. The van der Waals surface area contributed by atoms with E-state index < -0.39 is 0 Å². The molecule has 0 saturated heterocycles. The first-order valence-electron chi connectivity index (χ1n) is 5.13. The third-order valence-corrected chi connectivity index (χ3v) is 2.67. The summed E-state index contributed by atoms with van der Waals surface area (Å²) in [6.45, 7) is 3.76. The highest BCUT2D eigenvalue weighted by atomic mass is 16.1. The Balaban J connectivity index is 1.97. The van der Waals surface area contributed by atoms with E-state index in [2.05, 4.69) is 12.2 Å². The van der Waals surface area contributed by atoms with Gasteiger partial charge in [-0.3, -0.25) is 4.79 Å². The van der Waals surface area contributed by atoms with E-state index in [1.54, 1.807) is 0 Å². The highest BCUT2D eigenvalue weighted by Gasteiger charge is 2.37. The summed E-state index contributed by atoms with van der Waals surface area (Å²) in [6, 6.07) is 0. The van der Waals surface area contributed by atoms with Crippen molar-refractivity contribution < 1.29 is 4.79 Å². The molecule has 0 radical (unpaired) electrons. The summed E-state index contributed by atoms with van der Waals surface area (Å²) in [7, 11) is 0. The standard InChI is InChI=1S/C10H20N2O/c1-10(5-6-10)8-12-9(13)4-2-3-7-11/h2-8,11H2,1H3,(H,12,13). The summed E-state index contributed by atoms with van der Waals surface area (Å²) < 4.78 is 0. The van der Waals surface area contributed by atoms with Gasteiger partial charge in [0.25, 0.3) is 0 Å². The topological polar surface area (TPSA) is 55.1 Å². The van der Waals surface area contributed by atoms with Gasteiger partial charge in [-0.25, -0.2) is 0 Å². The number of nitrogens with one attached hydrogen (secondary N) is 1. The number of carbonyl (C=O) groups excluding carboxylic acids is 1. The molecule has 76 valence electrons. The van der Waals surface area contributed by atoms with E-state index in [9.17, 15) is 4.79 Å². The Hall–Kier alpha value is -0.570. The number of amides is 1. The Labute approximate surface area is 80.1 Å². The van der Waals surface area contributed by atoms with Crippen molar-refractivity contribution in [3.8, 4) is 0 Å². The molecule has 1 aliphatic carbocycles. The maximum atomic E-state index is 11.2. The third-order valence-electron chi connectivity index (χ3n) is 2.67. The van der Waals surface area contributed by atoms with Crippen LogP contribution in [0, 0.1) is 5.41 Å². The molecular formula is C10H20N2O. The van der Waals surface area contributed by atoms with Crippen molar-refractivity contribution in [2.24, 2.45) is 11.1 Å². The summed E-state index contributed by atoms with van der Waals surface area (Å²) in [4.78, 5) is 11.2. The van der Waals surface area contributed by atoms with Gasteiger partial charge < -0.3 is 11.1 Å². The number of unbranched alkanes of at least 4 members (excludes halogenated alkanes) is 1. The second-order valence-electron chi connectivity index (χ2n) is 4.33. The van der Waals surface area contributed by atoms with Crippen LogP contribution in [-0.4, -0.2) is 19.0 Å². The highest BCUT2D eigenvalue weighted by molar-refractivity contribution is 5.75. The van der Waals surface area contributed by atoms with Crippen LogP contribution < -0.4 is 11.1 Å². The van der Waals surface area contributed by atoms with Gasteiger partial charge in [0.05, 0.1) is 0 Å². The minimum absolute atomic E-state index is 0.182. The number of hydrogen-bond donors (Lipinski definition) is 2. The Kier molecular flexibility index (Phi) is 3.72. The molecule has 0 unspecified atom stereocenters. The number of rotatable bonds is 6. The van der Waals surface area contributed by atoms with Crippen LogP contribution in [-0.2, 0) is 4.79 Å². The monoisotopic (exact) mass is 184 g/mol. The van der Waals surface area contributed by atoms with Crippen LogP contribution in [0.25, 0.3) is 0 Å². The summed E-state index contributed by atoms with van der Waals surface area (Å²) >= 11 is 0. The van der Waals surface area contributed by atoms with Gasteiger partial charge >= 0.3 is 0 Å². The molecule has 1 rings (SSSR count). The minimum Gasteiger partial charge on any atom is -0.356 e. The molecule has 0 aromatic rings. The van der Waals surface area contributed by atoms with E-state index in [1.165, 1.54) is 12.8 Å². The van der Waals surface area contributed by atoms with Crippen molar-refractivity contribution in [2.45, 2.75) is 39.0 Å². The van der Waals surface area contributed by atoms with Gasteiger partial charge in [0.15, 0.2) is 0 Å². The van der Waals surface area contributed by atoms with Crippen molar-refractivity contribution in [2.75, 3.05) is 13.1 Å². The van der Waals surface area contributed by atoms with E-state index in [0.717, 1.165) is 19.4 Å². The predicted octanol–water partition coefficient (Wildman–Crippen LogP) is 1.03. The molecule has 0 aromatic carbocycles. The number of nitrogens with two attached hydrogens (primary N) is 1. The second kappa shape index (κ2) is 4.61. The first-order valence-corrected chi connectivity index (χ1v) is 5.13. The lowest BCUT2D eigenvalue weighted by atomic mass is 10.1.